The molecule has 1 aliphatic heterocycles. The highest BCUT2D eigenvalue weighted by molar-refractivity contribution is 5.43. The average Bonchev–Trinajstić information content (AvgIpc) is 2.93. The molecule has 3 rings (SSSR count). The molecule has 0 bridgehead atoms. The molecule has 0 radical (unpaired) electrons. The topological polar surface area (TPSA) is 69.4 Å². The van der Waals surface area contributed by atoms with Gasteiger partial charge in [-0.05, 0) is 18.2 Å². The van der Waals surface area contributed by atoms with Crippen LogP contribution in [0.1, 0.15) is 23.2 Å². The molecule has 0 aliphatic carbocycles. The van der Waals surface area contributed by atoms with Crippen molar-refractivity contribution in [2.24, 2.45) is 5.84 Å². The lowest BCUT2D eigenvalue weighted by atomic mass is 9.91. The highest BCUT2D eigenvalue weighted by Crippen LogP contribution is 2.42. The number of ether oxygens (including phenoxy) is 2. The van der Waals surface area contributed by atoms with Gasteiger partial charge in [-0.25, -0.2) is 0 Å². The number of fused-ring (bicyclic) bond motifs is 1. The molecule has 5 nitrogen and oxygen atoms in total. The Bertz CT molecular complexity index is 603. The first-order valence-electron chi connectivity index (χ1n) is 6.52. The third kappa shape index (κ3) is 2.11. The van der Waals surface area contributed by atoms with E-state index in [0.717, 1.165) is 22.8 Å². The zero-order chi connectivity index (χ0) is 13.9. The first-order valence-corrected chi connectivity index (χ1v) is 6.52. The highest BCUT2D eigenvalue weighted by Gasteiger charge is 2.33. The van der Waals surface area contributed by atoms with E-state index < -0.39 is 0 Å². The number of nitrogens with one attached hydrogen (secondary N) is 1. The zero-order valence-corrected chi connectivity index (χ0v) is 11.2. The van der Waals surface area contributed by atoms with Gasteiger partial charge in [0.1, 0.15) is 17.2 Å². The van der Waals surface area contributed by atoms with Gasteiger partial charge < -0.3 is 9.47 Å². The van der Waals surface area contributed by atoms with Crippen LogP contribution in [0, 0.1) is 0 Å². The largest absolute Gasteiger partial charge is 0.495 e. The van der Waals surface area contributed by atoms with Gasteiger partial charge in [0.05, 0.1) is 19.8 Å². The number of hydrogen-bond donors (Lipinski definition) is 2. The smallest absolute Gasteiger partial charge is 0.142 e. The van der Waals surface area contributed by atoms with Crippen LogP contribution >= 0.6 is 0 Å². The Morgan fingerprint density at radius 2 is 2.20 bits per heavy atom. The van der Waals surface area contributed by atoms with Gasteiger partial charge in [-0.15, -0.1) is 0 Å². The Morgan fingerprint density at radius 3 is 3.00 bits per heavy atom. The lowest BCUT2D eigenvalue weighted by molar-refractivity contribution is 0.294. The van der Waals surface area contributed by atoms with Crippen molar-refractivity contribution in [2.45, 2.75) is 12.0 Å². The summed E-state index contributed by atoms with van der Waals surface area (Å²) in [6, 6.07) is 11.6. The van der Waals surface area contributed by atoms with E-state index in [2.05, 4.69) is 16.5 Å². The van der Waals surface area contributed by atoms with Gasteiger partial charge in [0, 0.05) is 17.7 Å². The van der Waals surface area contributed by atoms with Gasteiger partial charge in [-0.2, -0.15) is 0 Å². The standard InChI is InChI=1S/C15H17N3O2/c1-19-13-7-4-8-17-15(13)14(18-16)11-9-20-12-6-3-2-5-10(11)12/h2-8,11,14,18H,9,16H2,1H3. The molecule has 0 fully saturated rings. The summed E-state index contributed by atoms with van der Waals surface area (Å²) in [5, 5.41) is 0. The van der Waals surface area contributed by atoms with Crippen molar-refractivity contribution >= 4 is 0 Å². The molecule has 1 aliphatic rings. The fraction of sp³-hybridized carbons (Fsp3) is 0.267. The van der Waals surface area contributed by atoms with E-state index in [1.54, 1.807) is 13.3 Å². The second-order valence-electron chi connectivity index (χ2n) is 4.69. The summed E-state index contributed by atoms with van der Waals surface area (Å²) in [5.74, 6) is 7.51. The summed E-state index contributed by atoms with van der Waals surface area (Å²) in [5.41, 5.74) is 4.79. The number of nitrogens with zero attached hydrogens (tertiary/aromatic N) is 1. The van der Waals surface area contributed by atoms with Crippen molar-refractivity contribution in [3.05, 3.63) is 53.9 Å². The first-order chi connectivity index (χ1) is 9.85. The molecule has 2 unspecified atom stereocenters. The number of hydrazine groups is 1. The minimum atomic E-state index is -0.158. The number of methoxy groups -OCH3 is 1. The zero-order valence-electron chi connectivity index (χ0n) is 11.2. The van der Waals surface area contributed by atoms with E-state index in [1.807, 2.05) is 30.3 Å². The van der Waals surface area contributed by atoms with Gasteiger partial charge in [0.25, 0.3) is 0 Å². The molecule has 20 heavy (non-hydrogen) atoms. The van der Waals surface area contributed by atoms with E-state index in [1.165, 1.54) is 0 Å². The Balaban J connectivity index is 1.99. The first kappa shape index (κ1) is 12.9. The lowest BCUT2D eigenvalue weighted by Crippen LogP contribution is -2.34. The summed E-state index contributed by atoms with van der Waals surface area (Å²) >= 11 is 0. The Kier molecular flexibility index (Phi) is 3.54. The molecular weight excluding hydrogens is 254 g/mol. The van der Waals surface area contributed by atoms with E-state index in [-0.39, 0.29) is 12.0 Å². The van der Waals surface area contributed by atoms with Gasteiger partial charge in [0.2, 0.25) is 0 Å². The molecule has 0 amide bonds. The Hall–Kier alpha value is -2.11. The predicted octanol–water partition coefficient (Wildman–Crippen LogP) is 1.77. The van der Waals surface area contributed by atoms with Crippen molar-refractivity contribution < 1.29 is 9.47 Å². The van der Waals surface area contributed by atoms with Crippen molar-refractivity contribution in [1.82, 2.24) is 10.4 Å². The molecule has 2 heterocycles. The number of para-hydroxylation sites is 1. The Labute approximate surface area is 117 Å². The number of rotatable bonds is 4. The highest BCUT2D eigenvalue weighted by atomic mass is 16.5. The van der Waals surface area contributed by atoms with Gasteiger partial charge in [0.15, 0.2) is 0 Å². The minimum absolute atomic E-state index is 0.111. The van der Waals surface area contributed by atoms with E-state index >= 15 is 0 Å². The maximum Gasteiger partial charge on any atom is 0.142 e. The SMILES string of the molecule is COc1cccnc1C(NN)C1COc2ccccc21. The third-order valence-electron chi connectivity index (χ3n) is 3.63. The summed E-state index contributed by atoms with van der Waals surface area (Å²) in [4.78, 5) is 4.42. The van der Waals surface area contributed by atoms with E-state index in [9.17, 15) is 0 Å². The van der Waals surface area contributed by atoms with Crippen LogP contribution in [0.2, 0.25) is 0 Å². The van der Waals surface area contributed by atoms with Gasteiger partial charge in [-0.1, -0.05) is 18.2 Å². The van der Waals surface area contributed by atoms with Gasteiger partial charge in [-0.3, -0.25) is 16.3 Å². The quantitative estimate of drug-likeness (QED) is 0.655. The molecular formula is C15H17N3O2. The molecule has 5 heteroatoms. The van der Waals surface area contributed by atoms with Crippen LogP contribution in [0.3, 0.4) is 0 Å². The number of benzene rings is 1. The van der Waals surface area contributed by atoms with E-state index in [4.69, 9.17) is 15.3 Å². The van der Waals surface area contributed by atoms with E-state index in [0.29, 0.717) is 6.61 Å². The van der Waals surface area contributed by atoms with Crippen molar-refractivity contribution in [2.75, 3.05) is 13.7 Å². The summed E-state index contributed by atoms with van der Waals surface area (Å²) in [6.45, 7) is 0.577. The molecule has 0 spiro atoms. The molecule has 104 valence electrons. The fourth-order valence-electron chi connectivity index (χ4n) is 2.66. The summed E-state index contributed by atoms with van der Waals surface area (Å²) < 4.78 is 11.1. The van der Waals surface area contributed by atoms with Crippen LogP contribution in [0.25, 0.3) is 0 Å². The maximum absolute atomic E-state index is 5.76. The molecule has 0 saturated carbocycles. The molecule has 2 aromatic rings. The number of nitrogens with two attached hydrogens (primary N) is 1. The van der Waals surface area contributed by atoms with Crippen LogP contribution in [0.5, 0.6) is 11.5 Å². The molecule has 0 saturated heterocycles. The van der Waals surface area contributed by atoms with Crippen LogP contribution in [0.15, 0.2) is 42.6 Å². The number of hydrogen-bond acceptors (Lipinski definition) is 5. The summed E-state index contributed by atoms with van der Waals surface area (Å²) in [7, 11) is 1.63. The third-order valence-corrected chi connectivity index (χ3v) is 3.63. The average molecular weight is 271 g/mol. The molecule has 1 aromatic carbocycles. The van der Waals surface area contributed by atoms with Crippen LogP contribution in [-0.4, -0.2) is 18.7 Å². The predicted molar refractivity (Wildman–Crippen MR) is 75.5 cm³/mol. The van der Waals surface area contributed by atoms with Crippen molar-refractivity contribution in [1.29, 1.82) is 0 Å². The molecule has 1 aromatic heterocycles. The van der Waals surface area contributed by atoms with Crippen molar-refractivity contribution in [3.8, 4) is 11.5 Å². The summed E-state index contributed by atoms with van der Waals surface area (Å²) in [6.07, 6.45) is 1.74. The Morgan fingerprint density at radius 1 is 1.35 bits per heavy atom. The lowest BCUT2D eigenvalue weighted by Gasteiger charge is -2.23. The van der Waals surface area contributed by atoms with Crippen LogP contribution < -0.4 is 20.7 Å². The van der Waals surface area contributed by atoms with Gasteiger partial charge >= 0.3 is 0 Å². The minimum Gasteiger partial charge on any atom is -0.495 e. The van der Waals surface area contributed by atoms with Crippen molar-refractivity contribution in [3.63, 3.8) is 0 Å². The fourth-order valence-corrected chi connectivity index (χ4v) is 2.66. The molecule has 2 atom stereocenters. The van der Waals surface area contributed by atoms with Crippen LogP contribution in [0.4, 0.5) is 0 Å². The number of pyridine rings is 1. The van der Waals surface area contributed by atoms with Crippen LogP contribution in [-0.2, 0) is 0 Å². The second kappa shape index (κ2) is 5.48. The monoisotopic (exact) mass is 271 g/mol. The normalized spacial score (nSPS) is 18.2. The number of aromatic nitrogens is 1. The molecule has 3 N–H and O–H groups in total. The maximum atomic E-state index is 5.76. The second-order valence-corrected chi connectivity index (χ2v) is 4.69.